The molecule has 7 nitrogen and oxygen atoms in total. The molecule has 0 spiro atoms. The van der Waals surface area contributed by atoms with Gasteiger partial charge in [-0.3, -0.25) is 9.78 Å². The quantitative estimate of drug-likeness (QED) is 0.149. The maximum atomic E-state index is 13.1. The average Bonchev–Trinajstić information content (AvgIpc) is 3.35. The lowest BCUT2D eigenvalue weighted by Gasteiger charge is -2.19. The Labute approximate surface area is 243 Å². The monoisotopic (exact) mass is 590 g/mol. The van der Waals surface area contributed by atoms with Gasteiger partial charge >= 0.3 is 12.1 Å². The van der Waals surface area contributed by atoms with Gasteiger partial charge in [0.25, 0.3) is 0 Å². The number of benzene rings is 3. The highest BCUT2D eigenvalue weighted by Gasteiger charge is 2.34. The number of nitrogens with zero attached hydrogens (tertiary/aromatic N) is 4. The first-order valence-electron chi connectivity index (χ1n) is 12.5. The van der Waals surface area contributed by atoms with Gasteiger partial charge in [0.05, 0.1) is 30.2 Å². The van der Waals surface area contributed by atoms with Crippen molar-refractivity contribution in [3.05, 3.63) is 125 Å². The number of aromatic nitrogens is 3. The summed E-state index contributed by atoms with van der Waals surface area (Å²) in [6, 6.07) is 23.7. The molecule has 0 aliphatic heterocycles. The molecule has 0 unspecified atom stereocenters. The molecule has 42 heavy (non-hydrogen) atoms. The summed E-state index contributed by atoms with van der Waals surface area (Å²) in [7, 11) is 2.96. The summed E-state index contributed by atoms with van der Waals surface area (Å²) in [4.78, 5) is 31.6. The number of halogens is 4. The Hall–Kier alpha value is -4.96. The Balaban J connectivity index is 0.000000513. The number of fused-ring (bicyclic) bond motifs is 1. The minimum atomic E-state index is -4.65. The molecule has 0 saturated carbocycles. The molecule has 11 heteroatoms. The van der Waals surface area contributed by atoms with Crippen molar-refractivity contribution in [1.82, 2.24) is 14.8 Å². The molecule has 0 atom stereocenters. The Kier molecular flexibility index (Phi) is 7.82. The van der Waals surface area contributed by atoms with Gasteiger partial charge in [0, 0.05) is 29.5 Å². The van der Waals surface area contributed by atoms with Crippen LogP contribution in [0.4, 0.5) is 24.5 Å². The van der Waals surface area contributed by atoms with E-state index in [2.05, 4.69) is 34.3 Å². The van der Waals surface area contributed by atoms with Gasteiger partial charge in [0.15, 0.2) is 5.69 Å². The Morgan fingerprint density at radius 2 is 1.60 bits per heavy atom. The lowest BCUT2D eigenvalue weighted by atomic mass is 10.0. The van der Waals surface area contributed by atoms with Crippen molar-refractivity contribution in [3.8, 4) is 16.8 Å². The van der Waals surface area contributed by atoms with Gasteiger partial charge in [-0.05, 0) is 77.9 Å². The molecule has 0 bridgehead atoms. The Morgan fingerprint density at radius 1 is 0.905 bits per heavy atom. The summed E-state index contributed by atoms with van der Waals surface area (Å²) >= 11 is 5.93. The van der Waals surface area contributed by atoms with Crippen LogP contribution in [0, 0.1) is 0 Å². The summed E-state index contributed by atoms with van der Waals surface area (Å²) in [5.41, 5.74) is 3.45. The first kappa shape index (κ1) is 28.6. The zero-order valence-corrected chi connectivity index (χ0v) is 23.0. The van der Waals surface area contributed by atoms with Crippen molar-refractivity contribution in [1.29, 1.82) is 0 Å². The molecular formula is C31H22ClF3N4O3. The van der Waals surface area contributed by atoms with Crippen LogP contribution in [-0.2, 0) is 10.9 Å². The number of pyridine rings is 1. The Morgan fingerprint density at radius 3 is 2.12 bits per heavy atom. The van der Waals surface area contributed by atoms with Crippen molar-refractivity contribution < 1.29 is 27.5 Å². The highest BCUT2D eigenvalue weighted by atomic mass is 35.5. The predicted molar refractivity (Wildman–Crippen MR) is 153 cm³/mol. The van der Waals surface area contributed by atoms with Crippen molar-refractivity contribution >= 4 is 34.7 Å². The van der Waals surface area contributed by atoms with Crippen LogP contribution >= 0.6 is 11.6 Å². The van der Waals surface area contributed by atoms with Gasteiger partial charge in [-0.1, -0.05) is 29.8 Å². The SMILES string of the molecule is COC(=O)c1cc(C(=O)c2ccc(N(C)c3ccc(Cl)cc3)cn2)ccc1-n1ccc(C(F)(F)F)n1.c1cc2cc-2c1. The van der Waals surface area contributed by atoms with Crippen LogP contribution in [0.15, 0.2) is 97.3 Å². The molecule has 2 aromatic heterocycles. The highest BCUT2D eigenvalue weighted by Crippen LogP contribution is 2.33. The predicted octanol–water partition coefficient (Wildman–Crippen LogP) is 7.39. The van der Waals surface area contributed by atoms with Crippen LogP contribution in [0.25, 0.3) is 16.8 Å². The normalized spacial score (nSPS) is 11.3. The van der Waals surface area contributed by atoms with Gasteiger partial charge in [-0.25, -0.2) is 9.48 Å². The lowest BCUT2D eigenvalue weighted by Crippen LogP contribution is -2.13. The number of ether oxygens (including phenoxy) is 1. The topological polar surface area (TPSA) is 77.3 Å². The van der Waals surface area contributed by atoms with Crippen molar-refractivity contribution in [2.45, 2.75) is 6.18 Å². The number of carbonyl (C=O) groups is 2. The minimum Gasteiger partial charge on any atom is -0.465 e. The smallest absolute Gasteiger partial charge is 0.435 e. The minimum absolute atomic E-state index is 0.0294. The van der Waals surface area contributed by atoms with Crippen LogP contribution in [0.2, 0.25) is 5.02 Å². The van der Waals surface area contributed by atoms with E-state index in [9.17, 15) is 22.8 Å². The number of hydrogen-bond donors (Lipinski definition) is 0. The molecule has 6 rings (SSSR count). The van der Waals surface area contributed by atoms with E-state index in [1.54, 1.807) is 24.3 Å². The number of rotatable bonds is 6. The van der Waals surface area contributed by atoms with Crippen molar-refractivity contribution in [3.63, 3.8) is 0 Å². The maximum Gasteiger partial charge on any atom is 0.435 e. The van der Waals surface area contributed by atoms with Crippen LogP contribution in [0.3, 0.4) is 0 Å². The van der Waals surface area contributed by atoms with Gasteiger partial charge in [-0.15, -0.1) is 0 Å². The number of carbonyl (C=O) groups excluding carboxylic acids is 2. The second-order valence-corrected chi connectivity index (χ2v) is 9.65. The van der Waals surface area contributed by atoms with E-state index in [4.69, 9.17) is 16.3 Å². The third-order valence-corrected chi connectivity index (χ3v) is 6.74. The molecule has 2 heterocycles. The molecular weight excluding hydrogens is 569 g/mol. The fourth-order valence-electron chi connectivity index (χ4n) is 4.12. The number of esters is 1. The fourth-order valence-corrected chi connectivity index (χ4v) is 4.24. The van der Waals surface area contributed by atoms with Crippen LogP contribution in [0.1, 0.15) is 32.1 Å². The lowest BCUT2D eigenvalue weighted by molar-refractivity contribution is -0.141. The number of ketones is 1. The fraction of sp³-hybridized carbons (Fsp3) is 0.0968. The second kappa shape index (κ2) is 11.5. The van der Waals surface area contributed by atoms with Gasteiger partial charge < -0.3 is 9.64 Å². The van der Waals surface area contributed by atoms with Crippen molar-refractivity contribution in [2.24, 2.45) is 0 Å². The summed E-state index contributed by atoms with van der Waals surface area (Å²) in [5, 5.41) is 4.10. The first-order chi connectivity index (χ1) is 20.0. The zero-order valence-electron chi connectivity index (χ0n) is 22.3. The van der Waals surface area contributed by atoms with E-state index in [0.717, 1.165) is 35.4 Å². The summed E-state index contributed by atoms with van der Waals surface area (Å²) in [6.45, 7) is 0. The van der Waals surface area contributed by atoms with E-state index in [1.807, 2.05) is 24.1 Å². The summed E-state index contributed by atoms with van der Waals surface area (Å²) in [5.74, 6) is -1.32. The molecule has 0 radical (unpaired) electrons. The molecule has 2 aromatic carbocycles. The molecule has 0 fully saturated rings. The molecule has 0 amide bonds. The van der Waals surface area contributed by atoms with Crippen LogP contribution in [0.5, 0.6) is 0 Å². The van der Waals surface area contributed by atoms with Crippen molar-refractivity contribution in [2.75, 3.05) is 19.1 Å². The van der Waals surface area contributed by atoms with E-state index < -0.39 is 23.6 Å². The third kappa shape index (κ3) is 6.18. The number of hydrogen-bond acceptors (Lipinski definition) is 6. The summed E-state index contributed by atoms with van der Waals surface area (Å²) < 4.78 is 44.6. The molecule has 4 aromatic rings. The average molecular weight is 591 g/mol. The molecule has 2 aliphatic rings. The largest absolute Gasteiger partial charge is 0.465 e. The molecule has 2 aliphatic carbocycles. The standard InChI is InChI=1S/C25H18ClF3N4O3.C6H4/c1-32(17-6-4-16(26)5-7-17)18-8-9-20(30-14-18)23(34)15-3-10-21(19(13-15)24(35)36-2)33-12-11-22(31-33)25(27,28)29;1-2-5-4-6(5)3-1/h3-14H,1-2H3;1-4H. The highest BCUT2D eigenvalue weighted by molar-refractivity contribution is 6.30. The molecule has 0 N–H and O–H groups in total. The van der Waals surface area contributed by atoms with Crippen LogP contribution in [-0.4, -0.2) is 40.7 Å². The summed E-state index contributed by atoms with van der Waals surface area (Å²) in [6.07, 6.45) is -2.05. The number of alkyl halides is 3. The maximum absolute atomic E-state index is 13.1. The van der Waals surface area contributed by atoms with E-state index in [-0.39, 0.29) is 22.5 Å². The first-order valence-corrected chi connectivity index (χ1v) is 12.9. The van der Waals surface area contributed by atoms with Crippen LogP contribution < -0.4 is 4.90 Å². The number of methoxy groups -OCH3 is 1. The van der Waals surface area contributed by atoms with E-state index in [1.165, 1.54) is 35.5 Å². The number of anilines is 2. The van der Waals surface area contributed by atoms with Gasteiger partial charge in [-0.2, -0.15) is 18.3 Å². The third-order valence-electron chi connectivity index (χ3n) is 6.48. The zero-order chi connectivity index (χ0) is 30.0. The van der Waals surface area contributed by atoms with E-state index in [0.29, 0.717) is 5.02 Å². The second-order valence-electron chi connectivity index (χ2n) is 9.21. The van der Waals surface area contributed by atoms with E-state index >= 15 is 0 Å². The van der Waals surface area contributed by atoms with Gasteiger partial charge in [0.1, 0.15) is 5.69 Å². The molecule has 212 valence electrons. The van der Waals surface area contributed by atoms with Gasteiger partial charge in [0.2, 0.25) is 5.78 Å². The molecule has 0 saturated heterocycles. The Bertz CT molecular complexity index is 1750.